The first-order chi connectivity index (χ1) is 7.15. The summed E-state index contributed by atoms with van der Waals surface area (Å²) >= 11 is 0. The third-order valence-electron chi connectivity index (χ3n) is 1.94. The maximum absolute atomic E-state index is 10.7. The van der Waals surface area contributed by atoms with Gasteiger partial charge in [0.25, 0.3) is 0 Å². The molecule has 1 N–H and O–H groups in total. The van der Waals surface area contributed by atoms with E-state index in [4.69, 9.17) is 14.6 Å². The molecule has 0 fully saturated rings. The number of hydrogen-bond acceptors (Lipinski definition) is 3. The van der Waals surface area contributed by atoms with Gasteiger partial charge in [0.2, 0.25) is 0 Å². The third kappa shape index (κ3) is 3.25. The summed E-state index contributed by atoms with van der Waals surface area (Å²) in [6, 6.07) is 4.83. The number of hydrogen-bond donors (Lipinski definition) is 1. The van der Waals surface area contributed by atoms with Crippen LogP contribution < -0.4 is 4.74 Å². The minimum Gasteiger partial charge on any atom is -0.478 e. The Bertz CT molecular complexity index is 346. The average Bonchev–Trinajstić information content (AvgIpc) is 2.17. The van der Waals surface area contributed by atoms with Crippen molar-refractivity contribution in [3.63, 3.8) is 0 Å². The average molecular weight is 210 g/mol. The number of ether oxygens (including phenoxy) is 2. The smallest absolute Gasteiger partial charge is 0.335 e. The van der Waals surface area contributed by atoms with Crippen molar-refractivity contribution in [1.82, 2.24) is 0 Å². The first kappa shape index (κ1) is 11.5. The predicted octanol–water partition coefficient (Wildman–Crippen LogP) is 2.07. The molecule has 0 heterocycles. The van der Waals surface area contributed by atoms with Crippen molar-refractivity contribution in [3.05, 3.63) is 29.3 Å². The molecular weight excluding hydrogens is 196 g/mol. The second-order valence-corrected chi connectivity index (χ2v) is 3.04. The Labute approximate surface area is 88.4 Å². The Morgan fingerprint density at radius 2 is 2.20 bits per heavy atom. The van der Waals surface area contributed by atoms with Gasteiger partial charge in [0.15, 0.2) is 6.79 Å². The molecule has 82 valence electrons. The topological polar surface area (TPSA) is 55.8 Å². The van der Waals surface area contributed by atoms with Gasteiger partial charge >= 0.3 is 5.97 Å². The van der Waals surface area contributed by atoms with Crippen LogP contribution in [0.2, 0.25) is 0 Å². The predicted molar refractivity (Wildman–Crippen MR) is 55.3 cm³/mol. The molecule has 0 radical (unpaired) electrons. The highest BCUT2D eigenvalue weighted by atomic mass is 16.7. The monoisotopic (exact) mass is 210 g/mol. The largest absolute Gasteiger partial charge is 0.478 e. The van der Waals surface area contributed by atoms with E-state index in [1.165, 1.54) is 6.07 Å². The molecule has 0 aromatic heterocycles. The van der Waals surface area contributed by atoms with E-state index >= 15 is 0 Å². The minimum atomic E-state index is -0.927. The van der Waals surface area contributed by atoms with Gasteiger partial charge in [0, 0.05) is 6.61 Å². The van der Waals surface area contributed by atoms with Crippen molar-refractivity contribution < 1.29 is 19.4 Å². The maximum atomic E-state index is 10.7. The van der Waals surface area contributed by atoms with Crippen LogP contribution >= 0.6 is 0 Å². The SMILES string of the molecule is CCOCOc1ccc(C(=O)O)c(C)c1. The molecule has 0 saturated carbocycles. The Kier molecular flexibility index (Phi) is 4.12. The lowest BCUT2D eigenvalue weighted by Gasteiger charge is -2.07. The van der Waals surface area contributed by atoms with E-state index in [0.29, 0.717) is 23.5 Å². The van der Waals surface area contributed by atoms with Gasteiger partial charge in [0.05, 0.1) is 5.56 Å². The van der Waals surface area contributed by atoms with Crippen molar-refractivity contribution in [1.29, 1.82) is 0 Å². The number of carboxylic acid groups (broad SMARTS) is 1. The van der Waals surface area contributed by atoms with Gasteiger partial charge < -0.3 is 14.6 Å². The van der Waals surface area contributed by atoms with Gasteiger partial charge in [-0.05, 0) is 37.6 Å². The number of carboxylic acids is 1. The Morgan fingerprint density at radius 3 is 2.73 bits per heavy atom. The molecule has 0 aliphatic carbocycles. The molecule has 0 bridgehead atoms. The molecule has 0 amide bonds. The first-order valence-electron chi connectivity index (χ1n) is 4.69. The van der Waals surface area contributed by atoms with Crippen LogP contribution in [-0.2, 0) is 4.74 Å². The molecule has 0 unspecified atom stereocenters. The van der Waals surface area contributed by atoms with Gasteiger partial charge in [-0.2, -0.15) is 0 Å². The van der Waals surface area contributed by atoms with Gasteiger partial charge in [-0.1, -0.05) is 0 Å². The molecule has 4 nitrogen and oxygen atoms in total. The van der Waals surface area contributed by atoms with Gasteiger partial charge in [-0.3, -0.25) is 0 Å². The number of aromatic carboxylic acids is 1. The highest BCUT2D eigenvalue weighted by molar-refractivity contribution is 5.89. The lowest BCUT2D eigenvalue weighted by Crippen LogP contribution is -2.04. The van der Waals surface area contributed by atoms with Gasteiger partial charge in [-0.15, -0.1) is 0 Å². The summed E-state index contributed by atoms with van der Waals surface area (Å²) < 4.78 is 10.3. The van der Waals surface area contributed by atoms with E-state index in [9.17, 15) is 4.79 Å². The van der Waals surface area contributed by atoms with Crippen LogP contribution in [0.1, 0.15) is 22.8 Å². The van der Waals surface area contributed by atoms with E-state index in [-0.39, 0.29) is 6.79 Å². The van der Waals surface area contributed by atoms with Crippen LogP contribution in [-0.4, -0.2) is 24.5 Å². The standard InChI is InChI=1S/C11H14O4/c1-3-14-7-15-9-4-5-10(11(12)13)8(2)6-9/h4-6H,3,7H2,1-2H3,(H,12,13). The number of rotatable bonds is 5. The molecule has 1 aromatic carbocycles. The summed E-state index contributed by atoms with van der Waals surface area (Å²) in [6.45, 7) is 4.38. The number of carbonyl (C=O) groups is 1. The molecular formula is C11H14O4. The van der Waals surface area contributed by atoms with Crippen molar-refractivity contribution in [2.75, 3.05) is 13.4 Å². The first-order valence-corrected chi connectivity index (χ1v) is 4.69. The van der Waals surface area contributed by atoms with Crippen molar-refractivity contribution >= 4 is 5.97 Å². The van der Waals surface area contributed by atoms with Crippen LogP contribution in [0.15, 0.2) is 18.2 Å². The summed E-state index contributed by atoms with van der Waals surface area (Å²) in [5, 5.41) is 8.81. The third-order valence-corrected chi connectivity index (χ3v) is 1.94. The quantitative estimate of drug-likeness (QED) is 0.597. The maximum Gasteiger partial charge on any atom is 0.335 e. The van der Waals surface area contributed by atoms with E-state index < -0.39 is 5.97 Å². The molecule has 1 rings (SSSR count). The fraction of sp³-hybridized carbons (Fsp3) is 0.364. The Hall–Kier alpha value is -1.55. The van der Waals surface area contributed by atoms with Crippen molar-refractivity contribution in [2.24, 2.45) is 0 Å². The Balaban J connectivity index is 2.69. The van der Waals surface area contributed by atoms with E-state index in [0.717, 1.165) is 0 Å². The van der Waals surface area contributed by atoms with Crippen LogP contribution in [0.5, 0.6) is 5.75 Å². The summed E-state index contributed by atoms with van der Waals surface area (Å²) in [7, 11) is 0. The van der Waals surface area contributed by atoms with Gasteiger partial charge in [-0.25, -0.2) is 4.79 Å². The number of benzene rings is 1. The second-order valence-electron chi connectivity index (χ2n) is 3.04. The van der Waals surface area contributed by atoms with Crippen LogP contribution in [0, 0.1) is 6.92 Å². The normalized spacial score (nSPS) is 10.0. The van der Waals surface area contributed by atoms with E-state index in [1.54, 1.807) is 19.1 Å². The fourth-order valence-electron chi connectivity index (χ4n) is 1.16. The van der Waals surface area contributed by atoms with Crippen molar-refractivity contribution in [3.8, 4) is 5.75 Å². The molecule has 0 aliphatic rings. The molecule has 1 aromatic rings. The zero-order valence-electron chi connectivity index (χ0n) is 8.82. The molecule has 0 spiro atoms. The van der Waals surface area contributed by atoms with E-state index in [1.807, 2.05) is 6.92 Å². The zero-order valence-corrected chi connectivity index (χ0v) is 8.82. The lowest BCUT2D eigenvalue weighted by molar-refractivity contribution is 0.0224. The highest BCUT2D eigenvalue weighted by Gasteiger charge is 2.07. The van der Waals surface area contributed by atoms with Crippen LogP contribution in [0.25, 0.3) is 0 Å². The highest BCUT2D eigenvalue weighted by Crippen LogP contribution is 2.17. The molecule has 0 atom stereocenters. The van der Waals surface area contributed by atoms with Crippen molar-refractivity contribution in [2.45, 2.75) is 13.8 Å². The summed E-state index contributed by atoms with van der Waals surface area (Å²) in [6.07, 6.45) is 0. The lowest BCUT2D eigenvalue weighted by atomic mass is 10.1. The van der Waals surface area contributed by atoms with Gasteiger partial charge in [0.1, 0.15) is 5.75 Å². The summed E-state index contributed by atoms with van der Waals surface area (Å²) in [5.74, 6) is -0.310. The van der Waals surface area contributed by atoms with Crippen LogP contribution in [0.4, 0.5) is 0 Å². The molecule has 0 aliphatic heterocycles. The zero-order chi connectivity index (χ0) is 11.3. The van der Waals surface area contributed by atoms with Crippen LogP contribution in [0.3, 0.4) is 0 Å². The number of aryl methyl sites for hydroxylation is 1. The molecule has 0 saturated heterocycles. The minimum absolute atomic E-state index is 0.183. The Morgan fingerprint density at radius 1 is 1.47 bits per heavy atom. The summed E-state index contributed by atoms with van der Waals surface area (Å²) in [5.41, 5.74) is 0.968. The molecule has 15 heavy (non-hydrogen) atoms. The molecule has 4 heteroatoms. The second kappa shape index (κ2) is 5.36. The summed E-state index contributed by atoms with van der Waals surface area (Å²) in [4.78, 5) is 10.7. The fourth-order valence-corrected chi connectivity index (χ4v) is 1.16. The van der Waals surface area contributed by atoms with E-state index in [2.05, 4.69) is 0 Å².